The molecule has 0 aromatic rings. The Bertz CT molecular complexity index is 2240. The summed E-state index contributed by atoms with van der Waals surface area (Å²) in [4.78, 5) is 13.7. The number of fused-ring (bicyclic) bond motifs is 5. The van der Waals surface area contributed by atoms with Crippen molar-refractivity contribution in [3.8, 4) is 0 Å². The highest BCUT2D eigenvalue weighted by Gasteiger charge is 2.69. The topological polar surface area (TPSA) is 205 Å². The third-order valence-corrected chi connectivity index (χ3v) is 21.0. The van der Waals surface area contributed by atoms with E-state index in [1.165, 1.54) is 5.57 Å². The lowest BCUT2D eigenvalue weighted by Crippen LogP contribution is -2.61. The molecule has 0 aromatic heterocycles. The van der Waals surface area contributed by atoms with Gasteiger partial charge in [-0.3, -0.25) is 4.79 Å². The first-order valence-corrected chi connectivity index (χ1v) is 30.9. The smallest absolute Gasteiger partial charge is 0.308 e. The van der Waals surface area contributed by atoms with Crippen LogP contribution < -0.4 is 0 Å². The van der Waals surface area contributed by atoms with Crippen molar-refractivity contribution in [3.63, 3.8) is 0 Å². The van der Waals surface area contributed by atoms with Crippen molar-refractivity contribution in [2.75, 3.05) is 13.2 Å². The van der Waals surface area contributed by atoms with E-state index in [-0.39, 0.29) is 153 Å². The molecule has 0 aromatic carbocycles. The van der Waals surface area contributed by atoms with Crippen LogP contribution in [0.3, 0.4) is 0 Å². The standard InChI is InChI=1S/C60H88O19/c1-7-38-31(5)28(2)16-33(65-38)8-10-39-29(3)17-35(66-39)12-14-60-25-50-55(78-60)56-57(75-50)58(79-60)54-41(73-56)11-9-34(68-54)19-51(63)67-36-18-44-43(64-27-36)21-46-48(70-44)23-52(72-46)71-40-13-15-59(76-32(40)6)24-30(4)53-49(77-59)22-45-47(74-53)20-42(69-45)37(62)26-61/h28,30,32-50,52-58,61-62H,3,5,7-27H2,1-2,4,6H3/t28-,30+,32+,33+,34-,35+,36-,37+,38-,39+,40+,41+,42+,43+,44?,45-,46-,47-,48?,49+,50-,52-,53+,54+,55?,56+,57-,58+,59-,60+/m1/s1. The Morgan fingerprint density at radius 2 is 1.42 bits per heavy atom. The number of aliphatic hydroxyl groups excluding tert-OH is 2. The van der Waals surface area contributed by atoms with Crippen molar-refractivity contribution in [1.29, 1.82) is 0 Å². The van der Waals surface area contributed by atoms with E-state index in [0.29, 0.717) is 76.7 Å². The molecule has 15 rings (SSSR count). The molecule has 0 amide bonds. The zero-order chi connectivity index (χ0) is 54.1. The predicted molar refractivity (Wildman–Crippen MR) is 276 cm³/mol. The Hall–Kier alpha value is -1.73. The van der Waals surface area contributed by atoms with Crippen LogP contribution >= 0.6 is 0 Å². The summed E-state index contributed by atoms with van der Waals surface area (Å²) >= 11 is 0. The summed E-state index contributed by atoms with van der Waals surface area (Å²) in [5.74, 6) is -1.22. The largest absolute Gasteiger partial charge is 0.460 e. The van der Waals surface area contributed by atoms with E-state index in [4.69, 9.17) is 75.8 Å². The van der Waals surface area contributed by atoms with Crippen LogP contribution in [0, 0.1) is 11.8 Å². The Balaban J connectivity index is 0.527. The van der Waals surface area contributed by atoms with Gasteiger partial charge in [0, 0.05) is 57.8 Å². The molecule has 15 aliphatic heterocycles. The zero-order valence-corrected chi connectivity index (χ0v) is 46.8. The van der Waals surface area contributed by atoms with E-state index in [1.54, 1.807) is 0 Å². The summed E-state index contributed by atoms with van der Waals surface area (Å²) in [6, 6.07) is 0. The predicted octanol–water partition coefficient (Wildman–Crippen LogP) is 5.72. The second-order valence-electron chi connectivity index (χ2n) is 26.5. The SMILES string of the molecule is C=C1C[C@H](CC[C@@]23C[C@H]4O[C@H]5[C@@H](O2)[C@H]2O[C@@H](CC(=O)O[C@H]6CO[C@H]7C[C@H]8O[C@@H](O[C@H]9CC[C@@]%10(C[C@H](C)[C@@H]%11O[C@@H]%12C[C@@H]([C@@H](O)CO)O[C@@H]%12C[C@@H]%11O%10)O[C@H]9C)CC8OC7C6)CC[C@@H]2O[C@H]5C4O3)O[C@H]1CC[C@H]1C[C@@H](C)C(=C)[C@@H](CC)O1. The van der Waals surface area contributed by atoms with Gasteiger partial charge in [0.05, 0.1) is 130 Å². The average molecular weight is 1110 g/mol. The number of ether oxygens (including phenoxy) is 16. The summed E-state index contributed by atoms with van der Waals surface area (Å²) in [5, 5.41) is 19.7. The molecule has 442 valence electrons. The van der Waals surface area contributed by atoms with Crippen LogP contribution in [0.4, 0.5) is 0 Å². The van der Waals surface area contributed by atoms with Gasteiger partial charge in [-0.25, -0.2) is 0 Å². The van der Waals surface area contributed by atoms with Crippen LogP contribution in [0.25, 0.3) is 0 Å². The molecule has 3 unspecified atom stereocenters. The molecular formula is C60H88O19. The maximum absolute atomic E-state index is 13.7. The highest BCUT2D eigenvalue weighted by Crippen LogP contribution is 2.55. The lowest BCUT2D eigenvalue weighted by molar-refractivity contribution is -0.371. The summed E-state index contributed by atoms with van der Waals surface area (Å²) in [5.41, 5.74) is 2.37. The third kappa shape index (κ3) is 10.6. The monoisotopic (exact) mass is 1110 g/mol. The summed E-state index contributed by atoms with van der Waals surface area (Å²) < 4.78 is 106. The van der Waals surface area contributed by atoms with Gasteiger partial charge in [-0.05, 0) is 87.7 Å². The van der Waals surface area contributed by atoms with E-state index in [2.05, 4.69) is 33.9 Å². The average Bonchev–Trinajstić information content (AvgIpc) is 4.31. The van der Waals surface area contributed by atoms with Crippen LogP contribution in [-0.2, 0) is 80.6 Å². The van der Waals surface area contributed by atoms with E-state index >= 15 is 0 Å². The van der Waals surface area contributed by atoms with Crippen LogP contribution in [0.5, 0.6) is 0 Å². The second-order valence-corrected chi connectivity index (χ2v) is 26.5. The minimum atomic E-state index is -0.924. The van der Waals surface area contributed by atoms with Crippen LogP contribution in [-0.4, -0.2) is 200 Å². The molecule has 15 fully saturated rings. The maximum atomic E-state index is 13.7. The number of rotatable bonds is 14. The molecule has 79 heavy (non-hydrogen) atoms. The Morgan fingerprint density at radius 3 is 2.27 bits per heavy atom. The Kier molecular flexibility index (Phi) is 15.3. The Labute approximate surface area is 464 Å². The first-order valence-electron chi connectivity index (χ1n) is 30.9. The lowest BCUT2D eigenvalue weighted by atomic mass is 9.81. The fraction of sp³-hybridized carbons (Fsp3) is 0.917. The number of hydrogen-bond donors (Lipinski definition) is 2. The van der Waals surface area contributed by atoms with Crippen molar-refractivity contribution in [1.82, 2.24) is 0 Å². The molecule has 30 atom stereocenters. The molecule has 0 radical (unpaired) electrons. The highest BCUT2D eigenvalue weighted by atomic mass is 16.8. The van der Waals surface area contributed by atoms with Crippen molar-refractivity contribution in [2.45, 2.75) is 320 Å². The van der Waals surface area contributed by atoms with Gasteiger partial charge in [0.1, 0.15) is 42.7 Å². The highest BCUT2D eigenvalue weighted by molar-refractivity contribution is 5.70. The number of aliphatic hydroxyl groups is 2. The molecule has 2 N–H and O–H groups in total. The van der Waals surface area contributed by atoms with Gasteiger partial charge in [0.2, 0.25) is 0 Å². The maximum Gasteiger partial charge on any atom is 0.308 e. The molecule has 15 aliphatic rings. The fourth-order valence-electron chi connectivity index (χ4n) is 17.0. The molecule has 6 bridgehead atoms. The fourth-order valence-corrected chi connectivity index (χ4v) is 17.0. The van der Waals surface area contributed by atoms with Gasteiger partial charge in [0.25, 0.3) is 0 Å². The van der Waals surface area contributed by atoms with Gasteiger partial charge < -0.3 is 86.0 Å². The van der Waals surface area contributed by atoms with Crippen molar-refractivity contribution in [2.24, 2.45) is 11.8 Å². The molecule has 0 saturated carbocycles. The van der Waals surface area contributed by atoms with Crippen LogP contribution in [0.15, 0.2) is 24.3 Å². The third-order valence-electron chi connectivity index (χ3n) is 21.0. The second kappa shape index (κ2) is 22.0. The Morgan fingerprint density at radius 1 is 0.658 bits per heavy atom. The first-order chi connectivity index (χ1) is 38.2. The molecule has 0 aliphatic carbocycles. The molecule has 15 heterocycles. The van der Waals surface area contributed by atoms with Gasteiger partial charge in [-0.2, -0.15) is 0 Å². The van der Waals surface area contributed by atoms with Crippen LogP contribution in [0.2, 0.25) is 0 Å². The van der Waals surface area contributed by atoms with E-state index in [0.717, 1.165) is 56.9 Å². The lowest BCUT2D eigenvalue weighted by Gasteiger charge is -2.54. The van der Waals surface area contributed by atoms with Crippen molar-refractivity contribution >= 4 is 5.97 Å². The van der Waals surface area contributed by atoms with E-state index < -0.39 is 42.3 Å². The van der Waals surface area contributed by atoms with Gasteiger partial charge in [-0.1, -0.05) is 33.9 Å². The number of esters is 1. The van der Waals surface area contributed by atoms with E-state index in [9.17, 15) is 15.0 Å². The minimum Gasteiger partial charge on any atom is -0.460 e. The number of hydrogen-bond acceptors (Lipinski definition) is 19. The molecule has 19 nitrogen and oxygen atoms in total. The quantitative estimate of drug-likeness (QED) is 0.158. The summed E-state index contributed by atoms with van der Waals surface area (Å²) in [6.45, 7) is 17.4. The van der Waals surface area contributed by atoms with Crippen molar-refractivity contribution in [3.05, 3.63) is 24.3 Å². The molecule has 1 spiro atoms. The summed E-state index contributed by atoms with van der Waals surface area (Å²) in [6.07, 6.45) is 7.71. The van der Waals surface area contributed by atoms with Gasteiger partial charge in [0.15, 0.2) is 17.9 Å². The number of carbonyl (C=O) groups excluding carboxylic acids is 1. The first kappa shape index (κ1) is 55.2. The van der Waals surface area contributed by atoms with Gasteiger partial charge in [-0.15, -0.1) is 0 Å². The summed E-state index contributed by atoms with van der Waals surface area (Å²) in [7, 11) is 0. The van der Waals surface area contributed by atoms with E-state index in [1.807, 2.05) is 6.92 Å². The normalized spacial score (nSPS) is 53.7. The van der Waals surface area contributed by atoms with Gasteiger partial charge >= 0.3 is 5.97 Å². The van der Waals surface area contributed by atoms with Crippen LogP contribution in [0.1, 0.15) is 150 Å². The minimum absolute atomic E-state index is 0.0208. The molecule has 15 saturated heterocycles. The zero-order valence-electron chi connectivity index (χ0n) is 46.8. The molecule has 19 heteroatoms. The van der Waals surface area contributed by atoms with Crippen molar-refractivity contribution < 1.29 is 90.8 Å². The molecular weight excluding hydrogens is 1020 g/mol. The number of carbonyl (C=O) groups is 1.